The molecule has 0 radical (unpaired) electrons. The van der Waals surface area contributed by atoms with Gasteiger partial charge < -0.3 is 4.42 Å². The molecule has 1 aliphatic rings. The molecule has 0 unspecified atom stereocenters. The smallest absolute Gasteiger partial charge is 0.293 e. The Morgan fingerprint density at radius 1 is 1.09 bits per heavy atom. The first-order chi connectivity index (χ1) is 16.5. The highest BCUT2D eigenvalue weighted by molar-refractivity contribution is 7.99. The number of para-hydroxylation sites is 1. The minimum Gasteiger partial charge on any atom is -0.451 e. The number of hydrogen-bond acceptors (Lipinski definition) is 5. The number of thiazole rings is 1. The lowest BCUT2D eigenvalue weighted by atomic mass is 9.99. The van der Waals surface area contributed by atoms with Crippen LogP contribution in [0.5, 0.6) is 0 Å². The van der Waals surface area contributed by atoms with E-state index in [4.69, 9.17) is 9.40 Å². The summed E-state index contributed by atoms with van der Waals surface area (Å²) >= 11 is 3.41. The van der Waals surface area contributed by atoms with Crippen LogP contribution in [0.4, 0.5) is 5.13 Å². The van der Waals surface area contributed by atoms with E-state index in [1.807, 2.05) is 35.3 Å². The minimum atomic E-state index is -0.229. The number of thioether (sulfide) groups is 1. The maximum Gasteiger partial charge on any atom is 0.293 e. The maximum absolute atomic E-state index is 13.3. The van der Waals surface area contributed by atoms with E-state index in [0.717, 1.165) is 33.5 Å². The topological polar surface area (TPSA) is 55.1 Å². The Morgan fingerprint density at radius 2 is 1.85 bits per heavy atom. The van der Waals surface area contributed by atoms with Gasteiger partial charge in [0.25, 0.3) is 5.91 Å². The molecule has 1 amide bonds. The largest absolute Gasteiger partial charge is 0.451 e. The van der Waals surface area contributed by atoms with Crippen LogP contribution in [-0.2, 0) is 5.75 Å². The second kappa shape index (κ2) is 9.96. The summed E-state index contributed by atoms with van der Waals surface area (Å²) in [6.45, 7) is 6.34. The van der Waals surface area contributed by atoms with Crippen molar-refractivity contribution in [3.63, 3.8) is 0 Å². The van der Waals surface area contributed by atoms with Gasteiger partial charge in [-0.2, -0.15) is 11.8 Å². The summed E-state index contributed by atoms with van der Waals surface area (Å²) in [6, 6.07) is 12.3. The van der Waals surface area contributed by atoms with Crippen molar-refractivity contribution in [1.29, 1.82) is 0 Å². The van der Waals surface area contributed by atoms with E-state index >= 15 is 0 Å². The van der Waals surface area contributed by atoms with Crippen LogP contribution in [-0.4, -0.2) is 16.1 Å². The predicted molar refractivity (Wildman–Crippen MR) is 144 cm³/mol. The van der Waals surface area contributed by atoms with E-state index in [2.05, 4.69) is 44.3 Å². The Hall–Kier alpha value is -2.57. The molecule has 0 bridgehead atoms. The van der Waals surface area contributed by atoms with Crippen LogP contribution in [0.1, 0.15) is 64.9 Å². The normalized spacial score (nSPS) is 14.6. The summed E-state index contributed by atoms with van der Waals surface area (Å²) in [6.07, 6.45) is 6.49. The molecule has 34 heavy (non-hydrogen) atoms. The average molecular weight is 491 g/mol. The molecule has 176 valence electrons. The lowest BCUT2D eigenvalue weighted by Gasteiger charge is -2.20. The van der Waals surface area contributed by atoms with Gasteiger partial charge >= 0.3 is 0 Å². The third kappa shape index (κ3) is 4.80. The number of nitrogens with one attached hydrogen (secondary N) is 1. The molecule has 2 heterocycles. The molecule has 1 saturated carbocycles. The quantitative estimate of drug-likeness (QED) is 0.295. The van der Waals surface area contributed by atoms with Gasteiger partial charge in [-0.05, 0) is 62.4 Å². The fourth-order valence-corrected chi connectivity index (χ4v) is 6.76. The van der Waals surface area contributed by atoms with Gasteiger partial charge in [-0.15, -0.1) is 11.3 Å². The zero-order valence-electron chi connectivity index (χ0n) is 19.9. The number of carbonyl (C=O) groups is 1. The number of furan rings is 1. The Morgan fingerprint density at radius 3 is 2.68 bits per heavy atom. The summed E-state index contributed by atoms with van der Waals surface area (Å²) < 4.78 is 6.06. The molecule has 0 spiro atoms. The molecule has 4 nitrogen and oxygen atoms in total. The van der Waals surface area contributed by atoms with Crippen molar-refractivity contribution in [2.45, 2.75) is 63.9 Å². The van der Waals surface area contributed by atoms with Gasteiger partial charge in [0.15, 0.2) is 10.9 Å². The molecule has 4 aromatic rings. The van der Waals surface area contributed by atoms with Crippen LogP contribution in [0.25, 0.3) is 22.2 Å². The highest BCUT2D eigenvalue weighted by Gasteiger charge is 2.23. The summed E-state index contributed by atoms with van der Waals surface area (Å²) in [5, 5.41) is 7.29. The van der Waals surface area contributed by atoms with Crippen molar-refractivity contribution in [3.8, 4) is 11.3 Å². The SMILES string of the molecule is Cc1cc(C)c(-c2csc(NC(=O)c3oc4ccccc4c3CSC3CCCCC3)n2)cc1C. The Balaban J connectivity index is 1.38. The molecule has 1 N–H and O–H groups in total. The van der Waals surface area contributed by atoms with Gasteiger partial charge in [-0.3, -0.25) is 10.1 Å². The van der Waals surface area contributed by atoms with Crippen molar-refractivity contribution in [2.75, 3.05) is 5.32 Å². The number of anilines is 1. The molecular weight excluding hydrogens is 460 g/mol. The monoisotopic (exact) mass is 490 g/mol. The van der Waals surface area contributed by atoms with Gasteiger partial charge in [0.05, 0.1) is 5.69 Å². The van der Waals surface area contributed by atoms with E-state index in [1.54, 1.807) is 0 Å². The van der Waals surface area contributed by atoms with Crippen LogP contribution in [0.15, 0.2) is 46.2 Å². The van der Waals surface area contributed by atoms with Crippen molar-refractivity contribution in [1.82, 2.24) is 4.98 Å². The number of carbonyl (C=O) groups excluding carboxylic acids is 1. The van der Waals surface area contributed by atoms with E-state index in [9.17, 15) is 4.79 Å². The second-order valence-electron chi connectivity index (χ2n) is 9.22. The van der Waals surface area contributed by atoms with Crippen LogP contribution >= 0.6 is 23.1 Å². The standard InChI is InChI=1S/C28H30N2O2S2/c1-17-13-19(3)22(14-18(17)2)24-16-34-28(29-24)30-27(31)26-23(15-33-20-9-5-4-6-10-20)21-11-7-8-12-25(21)32-26/h7-8,11-14,16,20H,4-6,9-10,15H2,1-3H3,(H,29,30,31). The number of fused-ring (bicyclic) bond motifs is 1. The zero-order chi connectivity index (χ0) is 23.7. The number of hydrogen-bond donors (Lipinski definition) is 1. The molecule has 0 saturated heterocycles. The van der Waals surface area contributed by atoms with Crippen molar-refractivity contribution in [3.05, 3.63) is 69.8 Å². The fourth-order valence-electron chi connectivity index (χ4n) is 4.70. The summed E-state index contributed by atoms with van der Waals surface area (Å²) in [7, 11) is 0. The van der Waals surface area contributed by atoms with Gasteiger partial charge in [-0.25, -0.2) is 4.98 Å². The van der Waals surface area contributed by atoms with Crippen LogP contribution < -0.4 is 5.32 Å². The first-order valence-electron chi connectivity index (χ1n) is 12.0. The van der Waals surface area contributed by atoms with Gasteiger partial charge in [0.1, 0.15) is 5.58 Å². The van der Waals surface area contributed by atoms with E-state index in [1.165, 1.54) is 60.1 Å². The van der Waals surface area contributed by atoms with Crippen LogP contribution in [0, 0.1) is 20.8 Å². The molecule has 1 fully saturated rings. The highest BCUT2D eigenvalue weighted by Crippen LogP contribution is 2.36. The fraction of sp³-hybridized carbons (Fsp3) is 0.357. The lowest BCUT2D eigenvalue weighted by Crippen LogP contribution is -2.13. The van der Waals surface area contributed by atoms with Gasteiger partial charge in [0, 0.05) is 32.9 Å². The number of amides is 1. The Kier molecular flexibility index (Phi) is 6.79. The minimum absolute atomic E-state index is 0.229. The number of nitrogens with zero attached hydrogens (tertiary/aromatic N) is 1. The predicted octanol–water partition coefficient (Wildman–Crippen LogP) is 8.30. The van der Waals surface area contributed by atoms with Crippen molar-refractivity contribution >= 4 is 45.1 Å². The summed E-state index contributed by atoms with van der Waals surface area (Å²) in [4.78, 5) is 18.0. The lowest BCUT2D eigenvalue weighted by molar-refractivity contribution is 0.0998. The van der Waals surface area contributed by atoms with Crippen LogP contribution in [0.3, 0.4) is 0 Å². The molecule has 2 aromatic heterocycles. The van der Waals surface area contributed by atoms with Gasteiger partial charge in [-0.1, -0.05) is 43.5 Å². The number of aryl methyl sites for hydroxylation is 3. The molecule has 0 aliphatic heterocycles. The van der Waals surface area contributed by atoms with Crippen molar-refractivity contribution in [2.24, 2.45) is 0 Å². The first-order valence-corrected chi connectivity index (χ1v) is 13.9. The van der Waals surface area contributed by atoms with Crippen LogP contribution in [0.2, 0.25) is 0 Å². The maximum atomic E-state index is 13.3. The summed E-state index contributed by atoms with van der Waals surface area (Å²) in [5.41, 5.74) is 7.44. The summed E-state index contributed by atoms with van der Waals surface area (Å²) in [5.74, 6) is 0.965. The molecule has 1 aliphatic carbocycles. The number of aromatic nitrogens is 1. The Labute approximate surface area is 209 Å². The van der Waals surface area contributed by atoms with E-state index in [-0.39, 0.29) is 5.91 Å². The van der Waals surface area contributed by atoms with Crippen molar-refractivity contribution < 1.29 is 9.21 Å². The molecule has 5 rings (SSSR count). The average Bonchev–Trinajstić information content (AvgIpc) is 3.45. The Bertz CT molecular complexity index is 1330. The molecule has 0 atom stereocenters. The first kappa shape index (κ1) is 23.2. The molecular formula is C28H30N2O2S2. The molecule has 2 aromatic carbocycles. The van der Waals surface area contributed by atoms with Gasteiger partial charge in [0.2, 0.25) is 0 Å². The second-order valence-corrected chi connectivity index (χ2v) is 11.4. The van der Waals surface area contributed by atoms with E-state index in [0.29, 0.717) is 16.1 Å². The third-order valence-electron chi connectivity index (χ3n) is 6.76. The number of benzene rings is 2. The number of rotatable bonds is 6. The highest BCUT2D eigenvalue weighted by atomic mass is 32.2. The van der Waals surface area contributed by atoms with E-state index < -0.39 is 0 Å². The zero-order valence-corrected chi connectivity index (χ0v) is 21.6. The third-order valence-corrected chi connectivity index (χ3v) is 8.92. The molecule has 6 heteroatoms.